The number of benzene rings is 1. The maximum Gasteiger partial charge on any atom is 0.134 e. The molecule has 0 aliphatic heterocycles. The number of furan rings is 1. The summed E-state index contributed by atoms with van der Waals surface area (Å²) in [6, 6.07) is 8.05. The standard InChI is InChI=1S/C16H22O2/c1-4-5-11(2)9-14(17)16-10-13-8-12(3)6-7-15(13)18-16/h6-8,10-11,14,17H,4-5,9H2,1-3H3. The molecule has 1 N–H and O–H groups in total. The Hall–Kier alpha value is -1.28. The van der Waals surface area contributed by atoms with Crippen molar-refractivity contribution in [3.8, 4) is 0 Å². The van der Waals surface area contributed by atoms with Gasteiger partial charge in [-0.1, -0.05) is 38.3 Å². The summed E-state index contributed by atoms with van der Waals surface area (Å²) < 4.78 is 5.71. The van der Waals surface area contributed by atoms with E-state index in [-0.39, 0.29) is 0 Å². The third-order valence-electron chi connectivity index (χ3n) is 3.43. The molecule has 2 unspecified atom stereocenters. The fourth-order valence-corrected chi connectivity index (χ4v) is 2.46. The molecule has 2 atom stereocenters. The zero-order chi connectivity index (χ0) is 13.1. The van der Waals surface area contributed by atoms with Gasteiger partial charge in [0.15, 0.2) is 0 Å². The van der Waals surface area contributed by atoms with Crippen LogP contribution in [0.4, 0.5) is 0 Å². The summed E-state index contributed by atoms with van der Waals surface area (Å²) in [5, 5.41) is 11.3. The van der Waals surface area contributed by atoms with Crippen molar-refractivity contribution in [2.45, 2.75) is 46.1 Å². The molecule has 2 nitrogen and oxygen atoms in total. The van der Waals surface area contributed by atoms with E-state index < -0.39 is 6.10 Å². The van der Waals surface area contributed by atoms with Gasteiger partial charge >= 0.3 is 0 Å². The van der Waals surface area contributed by atoms with Crippen LogP contribution in [0.3, 0.4) is 0 Å². The van der Waals surface area contributed by atoms with Crippen LogP contribution in [-0.4, -0.2) is 5.11 Å². The molecule has 1 aromatic carbocycles. The molecule has 0 fully saturated rings. The predicted octanol–water partition coefficient (Wildman–Crippen LogP) is 4.60. The minimum atomic E-state index is -0.487. The summed E-state index contributed by atoms with van der Waals surface area (Å²) in [5.74, 6) is 1.22. The van der Waals surface area contributed by atoms with E-state index in [0.29, 0.717) is 11.7 Å². The van der Waals surface area contributed by atoms with Gasteiger partial charge in [-0.05, 0) is 37.5 Å². The van der Waals surface area contributed by atoms with Crippen LogP contribution in [0, 0.1) is 12.8 Å². The number of hydrogen-bond acceptors (Lipinski definition) is 2. The molecule has 0 bridgehead atoms. The number of aliphatic hydroxyl groups is 1. The van der Waals surface area contributed by atoms with Gasteiger partial charge in [0.25, 0.3) is 0 Å². The molecule has 2 rings (SSSR count). The van der Waals surface area contributed by atoms with Crippen LogP contribution in [0.2, 0.25) is 0 Å². The van der Waals surface area contributed by atoms with Crippen molar-refractivity contribution in [1.82, 2.24) is 0 Å². The number of fused-ring (bicyclic) bond motifs is 1. The van der Waals surface area contributed by atoms with Crippen molar-refractivity contribution in [3.63, 3.8) is 0 Å². The smallest absolute Gasteiger partial charge is 0.134 e. The summed E-state index contributed by atoms with van der Waals surface area (Å²) in [6.07, 6.45) is 2.59. The Bertz CT molecular complexity index is 513. The van der Waals surface area contributed by atoms with E-state index in [4.69, 9.17) is 4.42 Å². The van der Waals surface area contributed by atoms with Gasteiger partial charge in [-0.3, -0.25) is 0 Å². The van der Waals surface area contributed by atoms with E-state index in [9.17, 15) is 5.11 Å². The van der Waals surface area contributed by atoms with Gasteiger partial charge in [-0.25, -0.2) is 0 Å². The van der Waals surface area contributed by atoms with Gasteiger partial charge in [0, 0.05) is 5.39 Å². The normalized spacial score (nSPS) is 14.9. The summed E-state index contributed by atoms with van der Waals surface area (Å²) >= 11 is 0. The summed E-state index contributed by atoms with van der Waals surface area (Å²) in [7, 11) is 0. The highest BCUT2D eigenvalue weighted by Crippen LogP contribution is 2.29. The lowest BCUT2D eigenvalue weighted by Crippen LogP contribution is -2.03. The third kappa shape index (κ3) is 2.94. The van der Waals surface area contributed by atoms with Gasteiger partial charge in [0.2, 0.25) is 0 Å². The molecule has 18 heavy (non-hydrogen) atoms. The molecule has 1 aromatic heterocycles. The van der Waals surface area contributed by atoms with Crippen LogP contribution in [0.15, 0.2) is 28.7 Å². The second kappa shape index (κ2) is 5.57. The molecule has 2 aromatic rings. The molecule has 0 radical (unpaired) electrons. The minimum Gasteiger partial charge on any atom is -0.458 e. The minimum absolute atomic E-state index is 0.487. The van der Waals surface area contributed by atoms with Crippen molar-refractivity contribution in [2.24, 2.45) is 5.92 Å². The summed E-state index contributed by atoms with van der Waals surface area (Å²) in [4.78, 5) is 0. The number of aryl methyl sites for hydroxylation is 1. The van der Waals surface area contributed by atoms with Crippen molar-refractivity contribution in [3.05, 3.63) is 35.6 Å². The van der Waals surface area contributed by atoms with Crippen LogP contribution in [0.25, 0.3) is 11.0 Å². The molecule has 0 aliphatic carbocycles. The lowest BCUT2D eigenvalue weighted by Gasteiger charge is -2.13. The Labute approximate surface area is 109 Å². The molecule has 0 amide bonds. The largest absolute Gasteiger partial charge is 0.458 e. The van der Waals surface area contributed by atoms with Gasteiger partial charge < -0.3 is 9.52 Å². The Kier molecular flexibility index (Phi) is 4.07. The fourth-order valence-electron chi connectivity index (χ4n) is 2.46. The predicted molar refractivity (Wildman–Crippen MR) is 74.6 cm³/mol. The molecule has 2 heteroatoms. The van der Waals surface area contributed by atoms with Gasteiger partial charge in [-0.2, -0.15) is 0 Å². The molecule has 0 saturated heterocycles. The van der Waals surface area contributed by atoms with Crippen LogP contribution in [0.1, 0.15) is 50.5 Å². The first-order chi connectivity index (χ1) is 8.60. The molecule has 0 aliphatic rings. The van der Waals surface area contributed by atoms with Crippen LogP contribution in [0.5, 0.6) is 0 Å². The van der Waals surface area contributed by atoms with Gasteiger partial charge in [0.1, 0.15) is 17.4 Å². The Morgan fingerprint density at radius 2 is 2.06 bits per heavy atom. The number of rotatable bonds is 5. The van der Waals surface area contributed by atoms with Gasteiger partial charge in [-0.15, -0.1) is 0 Å². The quantitative estimate of drug-likeness (QED) is 0.836. The van der Waals surface area contributed by atoms with Crippen LogP contribution < -0.4 is 0 Å². The third-order valence-corrected chi connectivity index (χ3v) is 3.43. The SMILES string of the molecule is CCCC(C)CC(O)c1cc2cc(C)ccc2o1. The summed E-state index contributed by atoms with van der Waals surface area (Å²) in [5.41, 5.74) is 2.07. The maximum atomic E-state index is 10.2. The van der Waals surface area contributed by atoms with Crippen molar-refractivity contribution >= 4 is 11.0 Å². The molecule has 0 saturated carbocycles. The zero-order valence-electron chi connectivity index (χ0n) is 11.4. The molecule has 98 valence electrons. The van der Waals surface area contributed by atoms with E-state index in [1.165, 1.54) is 5.56 Å². The highest BCUT2D eigenvalue weighted by Gasteiger charge is 2.16. The van der Waals surface area contributed by atoms with Gasteiger partial charge in [0.05, 0.1) is 0 Å². The van der Waals surface area contributed by atoms with E-state index in [1.807, 2.05) is 18.2 Å². The highest BCUT2D eigenvalue weighted by atomic mass is 16.4. The number of aliphatic hydroxyl groups excluding tert-OH is 1. The first-order valence-electron chi connectivity index (χ1n) is 6.78. The van der Waals surface area contributed by atoms with Crippen molar-refractivity contribution < 1.29 is 9.52 Å². The topological polar surface area (TPSA) is 33.4 Å². The van der Waals surface area contributed by atoms with Crippen molar-refractivity contribution in [1.29, 1.82) is 0 Å². The Morgan fingerprint density at radius 3 is 2.78 bits per heavy atom. The van der Waals surface area contributed by atoms with E-state index in [0.717, 1.165) is 30.2 Å². The second-order valence-corrected chi connectivity index (χ2v) is 5.34. The molecule has 1 heterocycles. The average molecular weight is 246 g/mol. The van der Waals surface area contributed by atoms with Crippen LogP contribution >= 0.6 is 0 Å². The second-order valence-electron chi connectivity index (χ2n) is 5.34. The highest BCUT2D eigenvalue weighted by molar-refractivity contribution is 5.78. The van der Waals surface area contributed by atoms with E-state index in [1.54, 1.807) is 0 Å². The van der Waals surface area contributed by atoms with Crippen LogP contribution in [-0.2, 0) is 0 Å². The zero-order valence-corrected chi connectivity index (χ0v) is 11.4. The fraction of sp³-hybridized carbons (Fsp3) is 0.500. The Morgan fingerprint density at radius 1 is 1.28 bits per heavy atom. The lowest BCUT2D eigenvalue weighted by molar-refractivity contribution is 0.123. The monoisotopic (exact) mass is 246 g/mol. The molecular formula is C16H22O2. The number of hydrogen-bond donors (Lipinski definition) is 1. The van der Waals surface area contributed by atoms with Crippen molar-refractivity contribution in [2.75, 3.05) is 0 Å². The molecular weight excluding hydrogens is 224 g/mol. The Balaban J connectivity index is 2.15. The first-order valence-corrected chi connectivity index (χ1v) is 6.78. The first kappa shape index (κ1) is 13.2. The molecule has 0 spiro atoms. The van der Waals surface area contributed by atoms with E-state index >= 15 is 0 Å². The summed E-state index contributed by atoms with van der Waals surface area (Å²) in [6.45, 7) is 6.41. The lowest BCUT2D eigenvalue weighted by atomic mass is 9.97. The van der Waals surface area contributed by atoms with E-state index in [2.05, 4.69) is 26.8 Å². The average Bonchev–Trinajstić information content (AvgIpc) is 2.72. The maximum absolute atomic E-state index is 10.2.